The quantitative estimate of drug-likeness (QED) is 0.706. The number of carbonyl (C=O) groups excluding carboxylic acids is 1. The van der Waals surface area contributed by atoms with Crippen LogP contribution in [0.3, 0.4) is 0 Å². The van der Waals surface area contributed by atoms with Crippen molar-refractivity contribution in [2.24, 2.45) is 0 Å². The summed E-state index contributed by atoms with van der Waals surface area (Å²) in [6, 6.07) is 2.57. The first-order valence-electron chi connectivity index (χ1n) is 8.56. The predicted octanol–water partition coefficient (Wildman–Crippen LogP) is 3.76. The molecule has 152 valence electrons. The minimum atomic E-state index is -4.47. The van der Waals surface area contributed by atoms with Crippen molar-refractivity contribution in [3.05, 3.63) is 46.0 Å². The highest BCUT2D eigenvalue weighted by Crippen LogP contribution is 2.33. The number of carbonyl (C=O) groups is 1. The van der Waals surface area contributed by atoms with E-state index in [1.54, 1.807) is 13.0 Å². The van der Waals surface area contributed by atoms with Crippen molar-refractivity contribution >= 4 is 23.4 Å². The van der Waals surface area contributed by atoms with Gasteiger partial charge in [0.05, 0.1) is 24.2 Å². The maximum atomic E-state index is 12.7. The van der Waals surface area contributed by atoms with E-state index in [1.165, 1.54) is 7.11 Å². The number of rotatable bonds is 4. The molecule has 2 aromatic heterocycles. The summed E-state index contributed by atoms with van der Waals surface area (Å²) in [5, 5.41) is -0.0207. The van der Waals surface area contributed by atoms with E-state index in [9.17, 15) is 18.0 Å². The van der Waals surface area contributed by atoms with Crippen LogP contribution in [0.4, 0.5) is 19.0 Å². The molecular formula is C18H19ClF3N3O3. The van der Waals surface area contributed by atoms with Gasteiger partial charge >= 0.3 is 12.1 Å². The SMILES string of the molecule is COC(=O)c1cc(CN2CCN(c3ncc(C(F)(F)F)cc3Cl)CC2)oc1C. The molecule has 3 heterocycles. The van der Waals surface area contributed by atoms with E-state index in [1.807, 2.05) is 4.90 Å². The van der Waals surface area contributed by atoms with Gasteiger partial charge in [-0.1, -0.05) is 11.6 Å². The summed E-state index contributed by atoms with van der Waals surface area (Å²) in [6.07, 6.45) is -3.67. The number of halogens is 4. The minimum absolute atomic E-state index is 0.0207. The van der Waals surface area contributed by atoms with Gasteiger partial charge in [0.2, 0.25) is 0 Å². The number of piperazine rings is 1. The van der Waals surface area contributed by atoms with Crippen LogP contribution in [-0.2, 0) is 17.5 Å². The summed E-state index contributed by atoms with van der Waals surface area (Å²) in [4.78, 5) is 19.5. The average Bonchev–Trinajstić information content (AvgIpc) is 3.01. The van der Waals surface area contributed by atoms with Gasteiger partial charge in [-0.2, -0.15) is 13.2 Å². The smallest absolute Gasteiger partial charge is 0.417 e. The molecule has 0 saturated carbocycles. The zero-order chi connectivity index (χ0) is 20.5. The second-order valence-corrected chi connectivity index (χ2v) is 6.87. The van der Waals surface area contributed by atoms with Gasteiger partial charge in [-0.05, 0) is 19.1 Å². The fourth-order valence-electron chi connectivity index (χ4n) is 3.09. The second-order valence-electron chi connectivity index (χ2n) is 6.46. The summed E-state index contributed by atoms with van der Waals surface area (Å²) in [6.45, 7) is 4.62. The number of aromatic nitrogens is 1. The molecule has 0 N–H and O–H groups in total. The Bertz CT molecular complexity index is 861. The van der Waals surface area contributed by atoms with Gasteiger partial charge < -0.3 is 14.1 Å². The number of pyridine rings is 1. The van der Waals surface area contributed by atoms with Crippen molar-refractivity contribution in [2.75, 3.05) is 38.2 Å². The van der Waals surface area contributed by atoms with E-state index in [0.29, 0.717) is 55.6 Å². The number of ether oxygens (including phenoxy) is 1. The minimum Gasteiger partial charge on any atom is -0.465 e. The maximum absolute atomic E-state index is 12.7. The third kappa shape index (κ3) is 4.41. The number of methoxy groups -OCH3 is 1. The van der Waals surface area contributed by atoms with Gasteiger partial charge in [0.15, 0.2) is 0 Å². The Morgan fingerprint density at radius 3 is 2.54 bits per heavy atom. The molecule has 2 aromatic rings. The van der Waals surface area contributed by atoms with E-state index < -0.39 is 17.7 Å². The molecule has 0 atom stereocenters. The van der Waals surface area contributed by atoms with Crippen molar-refractivity contribution in [3.63, 3.8) is 0 Å². The molecule has 6 nitrogen and oxygen atoms in total. The molecule has 0 unspecified atom stereocenters. The highest BCUT2D eigenvalue weighted by Gasteiger charge is 2.32. The van der Waals surface area contributed by atoms with Gasteiger partial charge in [0.1, 0.15) is 22.9 Å². The van der Waals surface area contributed by atoms with Crippen LogP contribution in [0.2, 0.25) is 5.02 Å². The van der Waals surface area contributed by atoms with Crippen LogP contribution in [0, 0.1) is 6.92 Å². The van der Waals surface area contributed by atoms with Crippen LogP contribution in [-0.4, -0.2) is 49.1 Å². The third-order valence-corrected chi connectivity index (χ3v) is 4.85. The highest BCUT2D eigenvalue weighted by molar-refractivity contribution is 6.33. The molecule has 0 amide bonds. The number of hydrogen-bond acceptors (Lipinski definition) is 6. The number of esters is 1. The van der Waals surface area contributed by atoms with Crippen LogP contribution >= 0.6 is 11.6 Å². The largest absolute Gasteiger partial charge is 0.465 e. The van der Waals surface area contributed by atoms with Crippen LogP contribution in [0.5, 0.6) is 0 Å². The zero-order valence-electron chi connectivity index (χ0n) is 15.3. The molecule has 1 fully saturated rings. The molecular weight excluding hydrogens is 399 g/mol. The van der Waals surface area contributed by atoms with E-state index in [0.717, 1.165) is 12.3 Å². The molecule has 0 bridgehead atoms. The summed E-state index contributed by atoms with van der Waals surface area (Å²) in [5.41, 5.74) is -0.466. The van der Waals surface area contributed by atoms with Crippen LogP contribution in [0.1, 0.15) is 27.4 Å². The third-order valence-electron chi connectivity index (χ3n) is 4.57. The van der Waals surface area contributed by atoms with Gasteiger partial charge in [-0.3, -0.25) is 4.90 Å². The Kier molecular flexibility index (Phi) is 5.85. The van der Waals surface area contributed by atoms with Crippen molar-refractivity contribution in [2.45, 2.75) is 19.6 Å². The molecule has 28 heavy (non-hydrogen) atoms. The number of aryl methyl sites for hydroxylation is 1. The predicted molar refractivity (Wildman–Crippen MR) is 96.5 cm³/mol. The first-order valence-corrected chi connectivity index (χ1v) is 8.94. The van der Waals surface area contributed by atoms with Crippen molar-refractivity contribution in [1.29, 1.82) is 0 Å². The van der Waals surface area contributed by atoms with Gasteiger partial charge in [0.25, 0.3) is 0 Å². The van der Waals surface area contributed by atoms with Gasteiger partial charge in [0, 0.05) is 32.4 Å². The topological polar surface area (TPSA) is 58.8 Å². The number of furan rings is 1. The lowest BCUT2D eigenvalue weighted by Crippen LogP contribution is -2.46. The fourth-order valence-corrected chi connectivity index (χ4v) is 3.38. The van der Waals surface area contributed by atoms with Crippen LogP contribution in [0.25, 0.3) is 0 Å². The Morgan fingerprint density at radius 2 is 1.96 bits per heavy atom. The van der Waals surface area contributed by atoms with Gasteiger partial charge in [-0.15, -0.1) is 0 Å². The van der Waals surface area contributed by atoms with Crippen molar-refractivity contribution in [1.82, 2.24) is 9.88 Å². The standard InChI is InChI=1S/C18H19ClF3N3O3/c1-11-14(17(26)27-2)8-13(28-11)10-24-3-5-25(6-4-24)16-15(19)7-12(9-23-16)18(20,21)22/h7-9H,3-6,10H2,1-2H3. The molecule has 0 spiro atoms. The molecule has 1 aliphatic heterocycles. The Hall–Kier alpha value is -2.26. The molecule has 10 heteroatoms. The molecule has 0 radical (unpaired) electrons. The summed E-state index contributed by atoms with van der Waals surface area (Å²) < 4.78 is 48.6. The van der Waals surface area contributed by atoms with E-state index in [4.69, 9.17) is 20.8 Å². The lowest BCUT2D eigenvalue weighted by molar-refractivity contribution is -0.137. The van der Waals surface area contributed by atoms with Crippen molar-refractivity contribution in [3.8, 4) is 0 Å². The lowest BCUT2D eigenvalue weighted by atomic mass is 10.2. The molecule has 1 saturated heterocycles. The zero-order valence-corrected chi connectivity index (χ0v) is 16.1. The van der Waals surface area contributed by atoms with E-state index in [2.05, 4.69) is 9.88 Å². The molecule has 0 aromatic carbocycles. The van der Waals surface area contributed by atoms with Crippen LogP contribution < -0.4 is 4.90 Å². The summed E-state index contributed by atoms with van der Waals surface area (Å²) in [7, 11) is 1.31. The Morgan fingerprint density at radius 1 is 1.29 bits per heavy atom. The second kappa shape index (κ2) is 8.00. The monoisotopic (exact) mass is 417 g/mol. The number of alkyl halides is 3. The number of nitrogens with zero attached hydrogens (tertiary/aromatic N) is 3. The number of hydrogen-bond donors (Lipinski definition) is 0. The fraction of sp³-hybridized carbons (Fsp3) is 0.444. The Balaban J connectivity index is 1.61. The van der Waals surface area contributed by atoms with Crippen molar-refractivity contribution < 1.29 is 27.1 Å². The van der Waals surface area contributed by atoms with Gasteiger partial charge in [-0.25, -0.2) is 9.78 Å². The highest BCUT2D eigenvalue weighted by atomic mass is 35.5. The average molecular weight is 418 g/mol. The summed E-state index contributed by atoms with van der Waals surface area (Å²) in [5.74, 6) is 1.05. The molecule has 1 aliphatic rings. The van der Waals surface area contributed by atoms with Crippen LogP contribution in [0.15, 0.2) is 22.7 Å². The maximum Gasteiger partial charge on any atom is 0.417 e. The van der Waals surface area contributed by atoms with E-state index >= 15 is 0 Å². The number of anilines is 1. The molecule has 0 aliphatic carbocycles. The first-order chi connectivity index (χ1) is 13.2. The van der Waals surface area contributed by atoms with E-state index in [-0.39, 0.29) is 5.02 Å². The summed E-state index contributed by atoms with van der Waals surface area (Å²) >= 11 is 6.02. The lowest BCUT2D eigenvalue weighted by Gasteiger charge is -2.35. The normalized spacial score (nSPS) is 15.7. The molecule has 3 rings (SSSR count). The Labute approximate surface area is 164 Å². The first kappa shape index (κ1) is 20.5.